The summed E-state index contributed by atoms with van der Waals surface area (Å²) >= 11 is 0. The van der Waals surface area contributed by atoms with Crippen molar-refractivity contribution in [3.8, 4) is 22.9 Å². The molecule has 6 rings (SSSR count). The molecular weight excluding hydrogens is 442 g/mol. The van der Waals surface area contributed by atoms with Gasteiger partial charge in [-0.2, -0.15) is 5.26 Å². The van der Waals surface area contributed by atoms with E-state index in [0.717, 1.165) is 18.8 Å². The lowest BCUT2D eigenvalue weighted by Crippen LogP contribution is -1.98. The van der Waals surface area contributed by atoms with E-state index in [0.29, 0.717) is 5.56 Å². The zero-order chi connectivity index (χ0) is 24.5. The molecule has 0 saturated carbocycles. The average Bonchev–Trinajstić information content (AvgIpc) is 3.52. The Morgan fingerprint density at radius 2 is 1.14 bits per heavy atom. The lowest BCUT2D eigenvalue weighted by Gasteiger charge is -2.10. The fraction of sp³-hybridized carbons (Fsp3) is 0.0938. The molecule has 0 N–H and O–H groups in total. The van der Waals surface area contributed by atoms with E-state index < -0.39 is 0 Å². The molecule has 6 aromatic rings. The number of ether oxygens (including phenoxy) is 1. The number of aromatic nitrogens is 2. The van der Waals surface area contributed by atoms with Crippen LogP contribution in [0.4, 0.5) is 0 Å². The second-order valence-electron chi connectivity index (χ2n) is 9.09. The molecule has 174 valence electrons. The topological polar surface area (TPSA) is 42.9 Å². The maximum absolute atomic E-state index is 9.07. The summed E-state index contributed by atoms with van der Waals surface area (Å²) in [5, 5.41) is 11.5. The first-order chi connectivity index (χ1) is 17.7. The minimum absolute atomic E-state index is 0.686. The van der Waals surface area contributed by atoms with Crippen molar-refractivity contribution in [1.82, 2.24) is 9.13 Å². The minimum Gasteiger partial charge on any atom is -0.497 e. The monoisotopic (exact) mass is 467 g/mol. The van der Waals surface area contributed by atoms with Crippen LogP contribution in [0.15, 0.2) is 109 Å². The molecule has 36 heavy (non-hydrogen) atoms. The Morgan fingerprint density at radius 3 is 1.61 bits per heavy atom. The highest BCUT2D eigenvalue weighted by Gasteiger charge is 2.08. The summed E-state index contributed by atoms with van der Waals surface area (Å²) in [7, 11) is 1.69. The molecular formula is C32H25N3O. The lowest BCUT2D eigenvalue weighted by atomic mass is 10.0. The zero-order valence-corrected chi connectivity index (χ0v) is 20.1. The van der Waals surface area contributed by atoms with Gasteiger partial charge in [0.2, 0.25) is 0 Å². The van der Waals surface area contributed by atoms with Crippen molar-refractivity contribution in [3.05, 3.63) is 126 Å². The Hall–Kier alpha value is -4.75. The van der Waals surface area contributed by atoms with Gasteiger partial charge in [-0.15, -0.1) is 0 Å². The van der Waals surface area contributed by atoms with Gasteiger partial charge in [-0.1, -0.05) is 48.5 Å². The molecule has 0 amide bonds. The van der Waals surface area contributed by atoms with Gasteiger partial charge in [0.25, 0.3) is 0 Å². The predicted octanol–water partition coefficient (Wildman–Crippen LogP) is 7.24. The van der Waals surface area contributed by atoms with Crippen LogP contribution in [-0.2, 0) is 13.1 Å². The normalized spacial score (nSPS) is 11.1. The van der Waals surface area contributed by atoms with Gasteiger partial charge in [0, 0.05) is 36.5 Å². The van der Waals surface area contributed by atoms with Crippen molar-refractivity contribution >= 4 is 21.8 Å². The summed E-state index contributed by atoms with van der Waals surface area (Å²) in [5.41, 5.74) is 7.91. The molecule has 0 saturated heterocycles. The SMILES string of the molecule is COc1ccc(Cn2ccc3ccc(-c4ccc5ccn(Cc6ccc(C#N)cc6)c5c4)cc32)cc1. The third kappa shape index (κ3) is 4.12. The molecule has 0 unspecified atom stereocenters. The first-order valence-corrected chi connectivity index (χ1v) is 12.0. The molecule has 2 heterocycles. The third-order valence-corrected chi connectivity index (χ3v) is 6.83. The van der Waals surface area contributed by atoms with Gasteiger partial charge in [-0.3, -0.25) is 0 Å². The Bertz CT molecular complexity index is 1710. The van der Waals surface area contributed by atoms with Crippen LogP contribution in [0.5, 0.6) is 5.75 Å². The predicted molar refractivity (Wildman–Crippen MR) is 145 cm³/mol. The molecule has 0 bridgehead atoms. The molecule has 0 aliphatic carbocycles. The van der Waals surface area contributed by atoms with Gasteiger partial charge >= 0.3 is 0 Å². The maximum atomic E-state index is 9.07. The van der Waals surface area contributed by atoms with Crippen molar-refractivity contribution < 1.29 is 4.74 Å². The highest BCUT2D eigenvalue weighted by atomic mass is 16.5. The molecule has 0 fully saturated rings. The number of hydrogen-bond donors (Lipinski definition) is 0. The van der Waals surface area contributed by atoms with Crippen LogP contribution < -0.4 is 4.74 Å². The Labute approximate surface area is 210 Å². The molecule has 0 aliphatic heterocycles. The van der Waals surface area contributed by atoms with Gasteiger partial charge in [-0.05, 0) is 81.6 Å². The van der Waals surface area contributed by atoms with Crippen LogP contribution in [0.2, 0.25) is 0 Å². The van der Waals surface area contributed by atoms with Crippen LogP contribution in [0.1, 0.15) is 16.7 Å². The number of methoxy groups -OCH3 is 1. The smallest absolute Gasteiger partial charge is 0.118 e. The van der Waals surface area contributed by atoms with Crippen LogP contribution in [-0.4, -0.2) is 16.2 Å². The summed E-state index contributed by atoms with van der Waals surface area (Å²) in [4.78, 5) is 0. The van der Waals surface area contributed by atoms with E-state index in [4.69, 9.17) is 10.00 Å². The summed E-state index contributed by atoms with van der Waals surface area (Å²) in [6.45, 7) is 1.58. The molecule has 0 spiro atoms. The summed E-state index contributed by atoms with van der Waals surface area (Å²) in [5.74, 6) is 0.873. The highest BCUT2D eigenvalue weighted by molar-refractivity contribution is 5.89. The van der Waals surface area contributed by atoms with Gasteiger partial charge in [0.1, 0.15) is 5.75 Å². The van der Waals surface area contributed by atoms with Crippen LogP contribution in [0, 0.1) is 11.3 Å². The highest BCUT2D eigenvalue weighted by Crippen LogP contribution is 2.29. The first-order valence-electron chi connectivity index (χ1n) is 12.0. The Balaban J connectivity index is 1.32. The number of fused-ring (bicyclic) bond motifs is 2. The molecule has 4 aromatic carbocycles. The van der Waals surface area contributed by atoms with E-state index in [1.54, 1.807) is 7.11 Å². The van der Waals surface area contributed by atoms with Crippen molar-refractivity contribution in [2.24, 2.45) is 0 Å². The van der Waals surface area contributed by atoms with Gasteiger partial charge < -0.3 is 13.9 Å². The number of benzene rings is 4. The van der Waals surface area contributed by atoms with Crippen molar-refractivity contribution in [1.29, 1.82) is 5.26 Å². The molecule has 0 atom stereocenters. The standard InChI is InChI=1S/C32H25N3O/c1-36-30-12-6-25(7-13-30)22-35-17-15-27-9-11-29(19-32(27)35)28-10-8-26-14-16-34(31(26)18-28)21-24-4-2-23(20-33)3-5-24/h2-19H,21-22H2,1H3. The maximum Gasteiger partial charge on any atom is 0.118 e. The number of nitriles is 1. The van der Waals surface area contributed by atoms with Crippen LogP contribution in [0.3, 0.4) is 0 Å². The number of rotatable bonds is 6. The van der Waals surface area contributed by atoms with Gasteiger partial charge in [-0.25, -0.2) is 0 Å². The summed E-state index contributed by atoms with van der Waals surface area (Å²) in [6.07, 6.45) is 4.29. The molecule has 0 radical (unpaired) electrons. The summed E-state index contributed by atoms with van der Waals surface area (Å²) in [6, 6.07) is 35.9. The first kappa shape index (κ1) is 21.8. The molecule has 4 nitrogen and oxygen atoms in total. The van der Waals surface area contributed by atoms with Gasteiger partial charge in [0.05, 0.1) is 18.7 Å². The third-order valence-electron chi connectivity index (χ3n) is 6.83. The second kappa shape index (κ2) is 9.13. The molecule has 2 aromatic heterocycles. The molecule has 4 heteroatoms. The van der Waals surface area contributed by atoms with E-state index >= 15 is 0 Å². The number of nitrogens with zero attached hydrogens (tertiary/aromatic N) is 3. The van der Waals surface area contributed by atoms with E-state index in [1.165, 1.54) is 44.1 Å². The van der Waals surface area contributed by atoms with E-state index in [-0.39, 0.29) is 0 Å². The zero-order valence-electron chi connectivity index (χ0n) is 20.1. The quantitative estimate of drug-likeness (QED) is 0.259. The van der Waals surface area contributed by atoms with E-state index in [2.05, 4.69) is 88.3 Å². The second-order valence-corrected chi connectivity index (χ2v) is 9.09. The average molecular weight is 468 g/mol. The van der Waals surface area contributed by atoms with Crippen molar-refractivity contribution in [3.63, 3.8) is 0 Å². The van der Waals surface area contributed by atoms with E-state index in [9.17, 15) is 0 Å². The minimum atomic E-state index is 0.686. The van der Waals surface area contributed by atoms with Gasteiger partial charge in [0.15, 0.2) is 0 Å². The van der Waals surface area contributed by atoms with Crippen molar-refractivity contribution in [2.75, 3.05) is 7.11 Å². The largest absolute Gasteiger partial charge is 0.497 e. The van der Waals surface area contributed by atoms with Crippen LogP contribution in [0.25, 0.3) is 32.9 Å². The Kier molecular flexibility index (Phi) is 5.52. The van der Waals surface area contributed by atoms with Crippen LogP contribution >= 0.6 is 0 Å². The van der Waals surface area contributed by atoms with Crippen molar-refractivity contribution in [2.45, 2.75) is 13.1 Å². The molecule has 0 aliphatic rings. The lowest BCUT2D eigenvalue weighted by molar-refractivity contribution is 0.414. The number of hydrogen-bond acceptors (Lipinski definition) is 2. The summed E-state index contributed by atoms with van der Waals surface area (Å²) < 4.78 is 9.86. The fourth-order valence-electron chi connectivity index (χ4n) is 4.81. The van der Waals surface area contributed by atoms with E-state index in [1.807, 2.05) is 36.4 Å². The Morgan fingerprint density at radius 1 is 0.639 bits per heavy atom. The fourth-order valence-corrected chi connectivity index (χ4v) is 4.81.